The molecular formula is C16H27N3O2. The third-order valence-electron chi connectivity index (χ3n) is 3.34. The zero-order valence-corrected chi connectivity index (χ0v) is 13.3. The smallest absolute Gasteiger partial charge is 0.250 e. The van der Waals surface area contributed by atoms with Crippen molar-refractivity contribution in [3.8, 4) is 0 Å². The van der Waals surface area contributed by atoms with Crippen molar-refractivity contribution in [3.05, 3.63) is 28.7 Å². The molecule has 5 nitrogen and oxygen atoms in total. The molecule has 3 N–H and O–H groups in total. The van der Waals surface area contributed by atoms with Crippen LogP contribution < -0.4 is 16.6 Å². The van der Waals surface area contributed by atoms with Crippen molar-refractivity contribution in [2.24, 2.45) is 17.6 Å². The van der Waals surface area contributed by atoms with Gasteiger partial charge >= 0.3 is 0 Å². The minimum Gasteiger partial charge on any atom is -0.330 e. The highest BCUT2D eigenvalue weighted by Crippen LogP contribution is 2.15. The lowest BCUT2D eigenvalue weighted by atomic mass is 9.94. The summed E-state index contributed by atoms with van der Waals surface area (Å²) in [4.78, 5) is 23.7. The van der Waals surface area contributed by atoms with Crippen LogP contribution in [-0.2, 0) is 11.3 Å². The first-order valence-corrected chi connectivity index (χ1v) is 7.66. The Kier molecular flexibility index (Phi) is 7.15. The van der Waals surface area contributed by atoms with Crippen LogP contribution in [-0.4, -0.2) is 17.0 Å². The molecule has 0 aliphatic rings. The Morgan fingerprint density at radius 2 is 2.10 bits per heavy atom. The Balaban J connectivity index is 2.65. The maximum absolute atomic E-state index is 12.1. The molecule has 1 heterocycles. The minimum atomic E-state index is -0.0483. The van der Waals surface area contributed by atoms with Gasteiger partial charge in [0, 0.05) is 25.2 Å². The summed E-state index contributed by atoms with van der Waals surface area (Å²) in [6.07, 6.45) is 3.94. The molecule has 5 heteroatoms. The van der Waals surface area contributed by atoms with Crippen molar-refractivity contribution in [1.29, 1.82) is 0 Å². The van der Waals surface area contributed by atoms with E-state index in [0.717, 1.165) is 12.8 Å². The minimum absolute atomic E-state index is 0.0468. The Hall–Kier alpha value is -1.62. The van der Waals surface area contributed by atoms with Gasteiger partial charge in [0.15, 0.2) is 0 Å². The maximum Gasteiger partial charge on any atom is 0.250 e. The van der Waals surface area contributed by atoms with E-state index in [4.69, 9.17) is 5.73 Å². The Labute approximate surface area is 126 Å². The molecule has 0 aromatic carbocycles. The highest BCUT2D eigenvalue weighted by Gasteiger charge is 2.14. The molecular weight excluding hydrogens is 266 g/mol. The van der Waals surface area contributed by atoms with E-state index in [-0.39, 0.29) is 17.4 Å². The van der Waals surface area contributed by atoms with Gasteiger partial charge in [-0.3, -0.25) is 9.59 Å². The summed E-state index contributed by atoms with van der Waals surface area (Å²) in [7, 11) is 0. The molecule has 0 saturated heterocycles. The zero-order chi connectivity index (χ0) is 15.8. The fourth-order valence-corrected chi connectivity index (χ4v) is 2.42. The van der Waals surface area contributed by atoms with E-state index in [1.165, 1.54) is 6.07 Å². The van der Waals surface area contributed by atoms with Gasteiger partial charge in [-0.1, -0.05) is 20.8 Å². The number of anilines is 1. The first-order valence-electron chi connectivity index (χ1n) is 7.66. The van der Waals surface area contributed by atoms with Gasteiger partial charge in [0.25, 0.3) is 5.56 Å². The van der Waals surface area contributed by atoms with Crippen molar-refractivity contribution < 1.29 is 4.79 Å². The molecule has 1 aromatic heterocycles. The number of amides is 1. The highest BCUT2D eigenvalue weighted by molar-refractivity contribution is 5.90. The van der Waals surface area contributed by atoms with Gasteiger partial charge in [-0.25, -0.2) is 0 Å². The topological polar surface area (TPSA) is 77.1 Å². The number of hydrogen-bond donors (Lipinski definition) is 2. The predicted molar refractivity (Wildman–Crippen MR) is 86.2 cm³/mol. The van der Waals surface area contributed by atoms with Crippen molar-refractivity contribution in [2.75, 3.05) is 11.9 Å². The fourth-order valence-electron chi connectivity index (χ4n) is 2.42. The number of pyridine rings is 1. The quantitative estimate of drug-likeness (QED) is 0.771. The van der Waals surface area contributed by atoms with E-state index in [0.29, 0.717) is 31.1 Å². The summed E-state index contributed by atoms with van der Waals surface area (Å²) < 4.78 is 1.62. The van der Waals surface area contributed by atoms with Crippen LogP contribution in [0.25, 0.3) is 0 Å². The monoisotopic (exact) mass is 293 g/mol. The average Bonchev–Trinajstić information content (AvgIpc) is 2.41. The highest BCUT2D eigenvalue weighted by atomic mass is 16.1. The Morgan fingerprint density at radius 1 is 1.38 bits per heavy atom. The lowest BCUT2D eigenvalue weighted by Gasteiger charge is -2.16. The van der Waals surface area contributed by atoms with Gasteiger partial charge in [-0.15, -0.1) is 0 Å². The molecule has 0 aliphatic heterocycles. The van der Waals surface area contributed by atoms with Crippen LogP contribution in [0.1, 0.15) is 40.0 Å². The second-order valence-electron chi connectivity index (χ2n) is 5.93. The number of carbonyl (C=O) groups is 1. The lowest BCUT2D eigenvalue weighted by molar-refractivity contribution is -0.117. The molecule has 118 valence electrons. The van der Waals surface area contributed by atoms with E-state index < -0.39 is 0 Å². The second-order valence-corrected chi connectivity index (χ2v) is 5.93. The van der Waals surface area contributed by atoms with Crippen molar-refractivity contribution in [1.82, 2.24) is 4.57 Å². The summed E-state index contributed by atoms with van der Waals surface area (Å²) in [5.41, 5.74) is 6.33. The summed E-state index contributed by atoms with van der Waals surface area (Å²) in [5, 5.41) is 2.85. The number of carbonyl (C=O) groups excluding carboxylic acids is 1. The van der Waals surface area contributed by atoms with E-state index in [9.17, 15) is 9.59 Å². The summed E-state index contributed by atoms with van der Waals surface area (Å²) in [5.74, 6) is 0.678. The third-order valence-corrected chi connectivity index (χ3v) is 3.34. The molecule has 0 spiro atoms. The van der Waals surface area contributed by atoms with Crippen LogP contribution in [0.2, 0.25) is 0 Å². The van der Waals surface area contributed by atoms with Gasteiger partial charge in [0.2, 0.25) is 5.91 Å². The zero-order valence-electron chi connectivity index (χ0n) is 13.3. The predicted octanol–water partition coefficient (Wildman–Crippen LogP) is 2.21. The van der Waals surface area contributed by atoms with Crippen LogP contribution >= 0.6 is 0 Å². The number of nitrogens with two attached hydrogens (primary N) is 1. The molecule has 0 bridgehead atoms. The first-order chi connectivity index (χ1) is 9.96. The van der Waals surface area contributed by atoms with Crippen molar-refractivity contribution >= 4 is 11.6 Å². The molecule has 0 saturated carbocycles. The molecule has 1 rings (SSSR count). The molecule has 0 radical (unpaired) electrons. The average molecular weight is 293 g/mol. The lowest BCUT2D eigenvalue weighted by Crippen LogP contribution is -2.24. The molecule has 1 aromatic rings. The second kappa shape index (κ2) is 8.62. The van der Waals surface area contributed by atoms with E-state index in [2.05, 4.69) is 19.2 Å². The van der Waals surface area contributed by atoms with Crippen molar-refractivity contribution in [3.63, 3.8) is 0 Å². The van der Waals surface area contributed by atoms with Crippen molar-refractivity contribution in [2.45, 2.75) is 46.6 Å². The number of aryl methyl sites for hydroxylation is 1. The molecule has 21 heavy (non-hydrogen) atoms. The van der Waals surface area contributed by atoms with Gasteiger partial charge in [0.05, 0.1) is 5.69 Å². The van der Waals surface area contributed by atoms with Gasteiger partial charge in [-0.2, -0.15) is 0 Å². The largest absolute Gasteiger partial charge is 0.330 e. The molecule has 0 fully saturated rings. The first kappa shape index (κ1) is 17.4. The normalized spacial score (nSPS) is 12.4. The van der Waals surface area contributed by atoms with Crippen LogP contribution in [0.15, 0.2) is 23.1 Å². The molecule has 0 unspecified atom stereocenters. The van der Waals surface area contributed by atoms with Crippen LogP contribution in [0.4, 0.5) is 5.69 Å². The number of nitrogens with one attached hydrogen (secondary N) is 1. The summed E-state index contributed by atoms with van der Waals surface area (Å²) in [6.45, 7) is 7.43. The number of nitrogens with zero attached hydrogens (tertiary/aromatic N) is 1. The van der Waals surface area contributed by atoms with Gasteiger partial charge in [0.1, 0.15) is 0 Å². The number of aromatic nitrogens is 1. The number of hydrogen-bond acceptors (Lipinski definition) is 3. The SMILES string of the molecule is CCCn1cc(NC(=O)C[C@@H](CN)CC(C)C)ccc1=O. The number of rotatable bonds is 8. The molecule has 0 aliphatic carbocycles. The molecule has 1 amide bonds. The van der Waals surface area contributed by atoms with Gasteiger partial charge < -0.3 is 15.6 Å². The van der Waals surface area contributed by atoms with Crippen LogP contribution in [0, 0.1) is 11.8 Å². The summed E-state index contributed by atoms with van der Waals surface area (Å²) in [6, 6.07) is 3.13. The molecule has 1 atom stereocenters. The van der Waals surface area contributed by atoms with Crippen LogP contribution in [0.3, 0.4) is 0 Å². The van der Waals surface area contributed by atoms with E-state index >= 15 is 0 Å². The van der Waals surface area contributed by atoms with E-state index in [1.807, 2.05) is 6.92 Å². The fraction of sp³-hybridized carbons (Fsp3) is 0.625. The third kappa shape index (κ3) is 6.12. The Morgan fingerprint density at radius 3 is 2.67 bits per heavy atom. The Bertz CT molecular complexity index is 508. The maximum atomic E-state index is 12.1. The standard InChI is InChI=1S/C16H27N3O2/c1-4-7-19-11-14(5-6-16(19)21)18-15(20)9-13(10-17)8-12(2)3/h5-6,11-13H,4,7-10,17H2,1-3H3,(H,18,20)/t13-/m0/s1. The van der Waals surface area contributed by atoms with E-state index in [1.54, 1.807) is 16.8 Å². The van der Waals surface area contributed by atoms with Gasteiger partial charge in [-0.05, 0) is 37.3 Å². The summed E-state index contributed by atoms with van der Waals surface area (Å²) >= 11 is 0. The van der Waals surface area contributed by atoms with Crippen LogP contribution in [0.5, 0.6) is 0 Å².